The fourth-order valence-electron chi connectivity index (χ4n) is 2.60. The second-order valence-corrected chi connectivity index (χ2v) is 5.44. The summed E-state index contributed by atoms with van der Waals surface area (Å²) in [6.07, 6.45) is 2.04. The molecule has 1 saturated heterocycles. The quantitative estimate of drug-likeness (QED) is 0.905. The summed E-state index contributed by atoms with van der Waals surface area (Å²) >= 11 is 0. The number of rotatable bonds is 3. The van der Waals surface area contributed by atoms with Gasteiger partial charge in [0.15, 0.2) is 0 Å². The predicted octanol–water partition coefficient (Wildman–Crippen LogP) is 2.36. The highest BCUT2D eigenvalue weighted by Gasteiger charge is 2.24. The lowest BCUT2D eigenvalue weighted by Crippen LogP contribution is -2.16. The lowest BCUT2D eigenvalue weighted by molar-refractivity contribution is 0.101. The maximum atomic E-state index is 12.1. The number of carbonyl (C=O) groups excluding carboxylic acids is 1. The first kappa shape index (κ1) is 13.8. The average Bonchev–Trinajstić information content (AvgIpc) is 3.09. The van der Waals surface area contributed by atoms with Crippen molar-refractivity contribution in [2.24, 2.45) is 0 Å². The zero-order valence-electron chi connectivity index (χ0n) is 12.1. The Balaban J connectivity index is 1.73. The molecule has 0 radical (unpaired) electrons. The highest BCUT2D eigenvalue weighted by molar-refractivity contribution is 6.01. The topological polar surface area (TPSA) is 80.0 Å². The molecule has 1 atom stereocenters. The Hall–Kier alpha value is -2.21. The fourth-order valence-corrected chi connectivity index (χ4v) is 2.60. The van der Waals surface area contributed by atoms with Crippen LogP contribution in [0.15, 0.2) is 22.7 Å². The van der Waals surface area contributed by atoms with E-state index in [0.717, 1.165) is 36.2 Å². The van der Waals surface area contributed by atoms with Gasteiger partial charge in [0, 0.05) is 5.69 Å². The molecule has 1 unspecified atom stereocenters. The lowest BCUT2D eigenvalue weighted by atomic mass is 10.1. The van der Waals surface area contributed by atoms with E-state index in [-0.39, 0.29) is 17.8 Å². The van der Waals surface area contributed by atoms with E-state index < -0.39 is 0 Å². The van der Waals surface area contributed by atoms with Crippen LogP contribution in [-0.2, 0) is 0 Å². The predicted molar refractivity (Wildman–Crippen MR) is 78.1 cm³/mol. The van der Waals surface area contributed by atoms with Gasteiger partial charge in [0.2, 0.25) is 5.89 Å². The highest BCUT2D eigenvalue weighted by Crippen LogP contribution is 2.21. The second-order valence-electron chi connectivity index (χ2n) is 5.44. The summed E-state index contributed by atoms with van der Waals surface area (Å²) in [4.78, 5) is 16.3. The Bertz CT molecular complexity index is 639. The third-order valence-corrected chi connectivity index (χ3v) is 3.48. The first-order valence-corrected chi connectivity index (χ1v) is 7.08. The second kappa shape index (κ2) is 5.65. The molecule has 0 spiro atoms. The Labute approximate surface area is 122 Å². The zero-order valence-corrected chi connectivity index (χ0v) is 12.1. The van der Waals surface area contributed by atoms with Crippen molar-refractivity contribution in [1.29, 1.82) is 0 Å². The minimum absolute atomic E-state index is 0.0675. The molecular weight excluding hydrogens is 268 g/mol. The van der Waals surface area contributed by atoms with Crippen molar-refractivity contribution in [2.45, 2.75) is 32.7 Å². The van der Waals surface area contributed by atoms with E-state index in [1.807, 2.05) is 32.0 Å². The smallest absolute Gasteiger partial charge is 0.297 e. The summed E-state index contributed by atoms with van der Waals surface area (Å²) in [6, 6.07) is 5.93. The molecule has 110 valence electrons. The first-order valence-electron chi connectivity index (χ1n) is 7.08. The number of aromatic nitrogens is 2. The van der Waals surface area contributed by atoms with Crippen molar-refractivity contribution in [2.75, 3.05) is 11.9 Å². The molecule has 1 aliphatic rings. The van der Waals surface area contributed by atoms with Crippen LogP contribution >= 0.6 is 0 Å². The summed E-state index contributed by atoms with van der Waals surface area (Å²) in [7, 11) is 0. The molecule has 6 heteroatoms. The number of hydrogen-bond acceptors (Lipinski definition) is 5. The van der Waals surface area contributed by atoms with Crippen molar-refractivity contribution in [3.63, 3.8) is 0 Å². The van der Waals surface area contributed by atoms with Gasteiger partial charge in [-0.2, -0.15) is 4.98 Å². The lowest BCUT2D eigenvalue weighted by Gasteiger charge is -2.05. The summed E-state index contributed by atoms with van der Waals surface area (Å²) < 4.78 is 5.17. The first-order chi connectivity index (χ1) is 10.1. The third-order valence-electron chi connectivity index (χ3n) is 3.48. The zero-order chi connectivity index (χ0) is 14.8. The number of benzene rings is 1. The maximum Gasteiger partial charge on any atom is 0.297 e. The molecule has 2 N–H and O–H groups in total. The van der Waals surface area contributed by atoms with Gasteiger partial charge in [0.1, 0.15) is 0 Å². The Kier molecular flexibility index (Phi) is 3.70. The van der Waals surface area contributed by atoms with Crippen molar-refractivity contribution in [3.8, 4) is 0 Å². The Morgan fingerprint density at radius 1 is 1.33 bits per heavy atom. The molecule has 0 bridgehead atoms. The molecule has 6 nitrogen and oxygen atoms in total. The number of amides is 1. The van der Waals surface area contributed by atoms with E-state index >= 15 is 0 Å². The van der Waals surface area contributed by atoms with Crippen molar-refractivity contribution >= 4 is 11.6 Å². The van der Waals surface area contributed by atoms with Crippen molar-refractivity contribution < 1.29 is 9.32 Å². The van der Waals surface area contributed by atoms with Gasteiger partial charge in [0.25, 0.3) is 11.7 Å². The van der Waals surface area contributed by atoms with Crippen LogP contribution in [0.5, 0.6) is 0 Å². The number of carbonyl (C=O) groups is 1. The normalized spacial score (nSPS) is 17.9. The van der Waals surface area contributed by atoms with Crippen LogP contribution < -0.4 is 10.6 Å². The molecule has 1 aromatic heterocycles. The molecule has 0 aliphatic carbocycles. The molecule has 2 aromatic rings. The fraction of sp³-hybridized carbons (Fsp3) is 0.400. The van der Waals surface area contributed by atoms with E-state index in [2.05, 4.69) is 20.8 Å². The number of aryl methyl sites for hydroxylation is 2. The van der Waals surface area contributed by atoms with Crippen molar-refractivity contribution in [1.82, 2.24) is 15.5 Å². The van der Waals surface area contributed by atoms with E-state index in [9.17, 15) is 4.79 Å². The molecule has 21 heavy (non-hydrogen) atoms. The van der Waals surface area contributed by atoms with Gasteiger partial charge in [-0.1, -0.05) is 11.2 Å². The van der Waals surface area contributed by atoms with Gasteiger partial charge in [-0.25, -0.2) is 0 Å². The SMILES string of the molecule is Cc1cc(C)cc(NC(=O)c2noc(C3CCCN3)n2)c1. The third kappa shape index (κ3) is 3.11. The highest BCUT2D eigenvalue weighted by atomic mass is 16.5. The standard InChI is InChI=1S/C15H18N4O2/c1-9-6-10(2)8-11(7-9)17-14(20)13-18-15(21-19-13)12-4-3-5-16-12/h6-8,12,16H,3-5H2,1-2H3,(H,17,20). The van der Waals surface area contributed by atoms with Crippen LogP contribution in [-0.4, -0.2) is 22.6 Å². The van der Waals surface area contributed by atoms with Crippen LogP contribution in [0, 0.1) is 13.8 Å². The molecule has 3 rings (SSSR count). The van der Waals surface area contributed by atoms with Crippen LogP contribution in [0.4, 0.5) is 5.69 Å². The van der Waals surface area contributed by atoms with E-state index in [1.54, 1.807) is 0 Å². The van der Waals surface area contributed by atoms with Gasteiger partial charge in [0.05, 0.1) is 6.04 Å². The van der Waals surface area contributed by atoms with Crippen LogP contribution in [0.3, 0.4) is 0 Å². The van der Waals surface area contributed by atoms with Crippen LogP contribution in [0.25, 0.3) is 0 Å². The van der Waals surface area contributed by atoms with E-state index in [0.29, 0.717) is 5.89 Å². The number of nitrogens with zero attached hydrogens (tertiary/aromatic N) is 2. The van der Waals surface area contributed by atoms with Gasteiger partial charge >= 0.3 is 0 Å². The van der Waals surface area contributed by atoms with Crippen molar-refractivity contribution in [3.05, 3.63) is 41.0 Å². The van der Waals surface area contributed by atoms with E-state index in [1.165, 1.54) is 0 Å². The Morgan fingerprint density at radius 3 is 2.76 bits per heavy atom. The monoisotopic (exact) mass is 286 g/mol. The van der Waals surface area contributed by atoms with E-state index in [4.69, 9.17) is 4.52 Å². The summed E-state index contributed by atoms with van der Waals surface area (Å²) in [5, 5.41) is 9.82. The van der Waals surface area contributed by atoms with Crippen LogP contribution in [0.2, 0.25) is 0 Å². The minimum atomic E-state index is -0.354. The molecular formula is C15H18N4O2. The van der Waals surface area contributed by atoms with Gasteiger partial charge in [-0.05, 0) is 56.5 Å². The minimum Gasteiger partial charge on any atom is -0.337 e. The number of anilines is 1. The largest absolute Gasteiger partial charge is 0.337 e. The number of nitrogens with one attached hydrogen (secondary N) is 2. The average molecular weight is 286 g/mol. The van der Waals surface area contributed by atoms with Gasteiger partial charge in [-0.3, -0.25) is 4.79 Å². The Morgan fingerprint density at radius 2 is 2.10 bits per heavy atom. The van der Waals surface area contributed by atoms with Gasteiger partial charge in [-0.15, -0.1) is 0 Å². The summed E-state index contributed by atoms with van der Waals surface area (Å²) in [5.41, 5.74) is 2.92. The summed E-state index contributed by atoms with van der Waals surface area (Å²) in [6.45, 7) is 4.92. The molecule has 1 aliphatic heterocycles. The summed E-state index contributed by atoms with van der Waals surface area (Å²) in [5.74, 6) is 0.198. The molecule has 0 saturated carbocycles. The molecule has 1 aromatic carbocycles. The van der Waals surface area contributed by atoms with Crippen LogP contribution in [0.1, 0.15) is 46.5 Å². The number of hydrogen-bond donors (Lipinski definition) is 2. The molecule has 1 amide bonds. The molecule has 1 fully saturated rings. The van der Waals surface area contributed by atoms with Gasteiger partial charge < -0.3 is 15.2 Å². The molecule has 2 heterocycles. The maximum absolute atomic E-state index is 12.1.